The van der Waals surface area contributed by atoms with E-state index in [0.717, 1.165) is 6.54 Å². The average Bonchev–Trinajstić information content (AvgIpc) is 2.72. The Kier molecular flexibility index (Phi) is 4.67. The van der Waals surface area contributed by atoms with E-state index < -0.39 is 25.4 Å². The van der Waals surface area contributed by atoms with Crippen LogP contribution in [0.1, 0.15) is 6.92 Å². The zero-order valence-corrected chi connectivity index (χ0v) is 9.44. The minimum atomic E-state index is -1.32. The summed E-state index contributed by atoms with van der Waals surface area (Å²) in [5.74, 6) is -0.201. The maximum atomic E-state index is 11.9. The molecule has 1 aliphatic rings. The zero-order chi connectivity index (χ0) is 12.2. The molecule has 1 amide bonds. The molecular weight excluding hydrogens is 212 g/mol. The van der Waals surface area contributed by atoms with Gasteiger partial charge in [0.25, 0.3) is 0 Å². The molecule has 1 saturated heterocycles. The van der Waals surface area contributed by atoms with Crippen molar-refractivity contribution in [3.63, 3.8) is 0 Å². The zero-order valence-electron chi connectivity index (χ0n) is 9.44. The molecule has 1 heterocycles. The van der Waals surface area contributed by atoms with Gasteiger partial charge in [0, 0.05) is 6.54 Å². The van der Waals surface area contributed by atoms with Gasteiger partial charge in [0.2, 0.25) is 5.91 Å². The molecule has 6 nitrogen and oxygen atoms in total. The Balaban J connectivity index is 2.61. The number of rotatable bonds is 5. The predicted octanol–water partition coefficient (Wildman–Crippen LogP) is -2.33. The van der Waals surface area contributed by atoms with Crippen molar-refractivity contribution in [3.05, 3.63) is 0 Å². The SMILES string of the molecule is C[C@@H]1CNC[C@H]1C(=O)NC(CO)(CO)CO. The molecular formula is C10H20N2O4. The second kappa shape index (κ2) is 5.58. The van der Waals surface area contributed by atoms with Gasteiger partial charge in [-0.05, 0) is 12.5 Å². The van der Waals surface area contributed by atoms with Gasteiger partial charge in [0.15, 0.2) is 0 Å². The third-order valence-corrected chi connectivity index (χ3v) is 3.15. The maximum Gasteiger partial charge on any atom is 0.225 e. The molecule has 16 heavy (non-hydrogen) atoms. The molecule has 0 saturated carbocycles. The third-order valence-electron chi connectivity index (χ3n) is 3.15. The first-order valence-corrected chi connectivity index (χ1v) is 5.44. The molecule has 1 rings (SSSR count). The first-order valence-electron chi connectivity index (χ1n) is 5.44. The fourth-order valence-electron chi connectivity index (χ4n) is 1.78. The Morgan fingerprint density at radius 2 is 1.88 bits per heavy atom. The van der Waals surface area contributed by atoms with Crippen LogP contribution in [-0.2, 0) is 4.79 Å². The lowest BCUT2D eigenvalue weighted by molar-refractivity contribution is -0.129. The van der Waals surface area contributed by atoms with Gasteiger partial charge >= 0.3 is 0 Å². The topological polar surface area (TPSA) is 102 Å². The van der Waals surface area contributed by atoms with Gasteiger partial charge in [-0.2, -0.15) is 0 Å². The van der Waals surface area contributed by atoms with Crippen molar-refractivity contribution < 1.29 is 20.1 Å². The average molecular weight is 232 g/mol. The summed E-state index contributed by atoms with van der Waals surface area (Å²) in [6.07, 6.45) is 0. The fraction of sp³-hybridized carbons (Fsp3) is 0.900. The lowest BCUT2D eigenvalue weighted by Crippen LogP contribution is -2.58. The molecule has 1 fully saturated rings. The molecule has 0 spiro atoms. The second-order valence-electron chi connectivity index (χ2n) is 4.49. The number of hydrogen-bond donors (Lipinski definition) is 5. The highest BCUT2D eigenvalue weighted by Gasteiger charge is 2.36. The Bertz CT molecular complexity index is 235. The van der Waals surface area contributed by atoms with Gasteiger partial charge in [-0.1, -0.05) is 6.92 Å². The predicted molar refractivity (Wildman–Crippen MR) is 57.7 cm³/mol. The minimum Gasteiger partial charge on any atom is -0.394 e. The van der Waals surface area contributed by atoms with Crippen molar-refractivity contribution in [1.82, 2.24) is 10.6 Å². The lowest BCUT2D eigenvalue weighted by Gasteiger charge is -2.30. The Morgan fingerprint density at radius 1 is 1.31 bits per heavy atom. The van der Waals surface area contributed by atoms with E-state index in [1.165, 1.54) is 0 Å². The molecule has 5 N–H and O–H groups in total. The standard InChI is InChI=1S/C10H20N2O4/c1-7-2-11-3-8(7)9(16)12-10(4-13,5-14)6-15/h7-8,11,13-15H,2-6H2,1H3,(H,12,16)/t7-,8-/m1/s1. The van der Waals surface area contributed by atoms with Crippen LogP contribution in [0.5, 0.6) is 0 Å². The van der Waals surface area contributed by atoms with Gasteiger partial charge in [0.05, 0.1) is 25.7 Å². The number of amides is 1. The number of aliphatic hydroxyl groups excluding tert-OH is 3. The van der Waals surface area contributed by atoms with Crippen molar-refractivity contribution >= 4 is 5.91 Å². The van der Waals surface area contributed by atoms with E-state index in [1.807, 2.05) is 6.92 Å². The van der Waals surface area contributed by atoms with E-state index in [1.54, 1.807) is 0 Å². The second-order valence-corrected chi connectivity index (χ2v) is 4.49. The molecule has 6 heteroatoms. The van der Waals surface area contributed by atoms with Gasteiger partial charge in [-0.15, -0.1) is 0 Å². The number of carbonyl (C=O) groups is 1. The summed E-state index contributed by atoms with van der Waals surface area (Å²) in [5.41, 5.74) is -1.32. The number of hydrogen-bond acceptors (Lipinski definition) is 5. The van der Waals surface area contributed by atoms with Crippen LogP contribution in [-0.4, -0.2) is 59.7 Å². The first kappa shape index (κ1) is 13.4. The van der Waals surface area contributed by atoms with E-state index in [4.69, 9.17) is 15.3 Å². The quantitative estimate of drug-likeness (QED) is 0.366. The van der Waals surface area contributed by atoms with Crippen LogP contribution in [0.2, 0.25) is 0 Å². The van der Waals surface area contributed by atoms with Crippen molar-refractivity contribution in [2.45, 2.75) is 12.5 Å². The number of carbonyl (C=O) groups excluding carboxylic acids is 1. The molecule has 0 aromatic rings. The molecule has 0 aliphatic carbocycles. The van der Waals surface area contributed by atoms with Gasteiger partial charge in [0.1, 0.15) is 5.54 Å². The van der Waals surface area contributed by atoms with Crippen molar-refractivity contribution in [1.29, 1.82) is 0 Å². The normalized spacial score (nSPS) is 25.8. The molecule has 94 valence electrons. The van der Waals surface area contributed by atoms with Gasteiger partial charge < -0.3 is 26.0 Å². The van der Waals surface area contributed by atoms with E-state index >= 15 is 0 Å². The molecule has 0 aromatic carbocycles. The van der Waals surface area contributed by atoms with E-state index in [-0.39, 0.29) is 17.7 Å². The molecule has 0 bridgehead atoms. The van der Waals surface area contributed by atoms with Crippen LogP contribution in [0.4, 0.5) is 0 Å². The molecule has 0 radical (unpaired) electrons. The van der Waals surface area contributed by atoms with Crippen molar-refractivity contribution in [2.24, 2.45) is 11.8 Å². The number of aliphatic hydroxyl groups is 3. The van der Waals surface area contributed by atoms with E-state index in [0.29, 0.717) is 6.54 Å². The third kappa shape index (κ3) is 2.70. The summed E-state index contributed by atoms with van der Waals surface area (Å²) in [4.78, 5) is 11.9. The van der Waals surface area contributed by atoms with Crippen LogP contribution in [0.15, 0.2) is 0 Å². The monoisotopic (exact) mass is 232 g/mol. The van der Waals surface area contributed by atoms with Crippen molar-refractivity contribution in [3.8, 4) is 0 Å². The van der Waals surface area contributed by atoms with E-state index in [2.05, 4.69) is 10.6 Å². The minimum absolute atomic E-state index is 0.177. The summed E-state index contributed by atoms with van der Waals surface area (Å²) in [5, 5.41) is 32.9. The summed E-state index contributed by atoms with van der Waals surface area (Å²) < 4.78 is 0. The maximum absolute atomic E-state index is 11.9. The molecule has 2 atom stereocenters. The van der Waals surface area contributed by atoms with Crippen LogP contribution >= 0.6 is 0 Å². The van der Waals surface area contributed by atoms with Gasteiger partial charge in [-0.25, -0.2) is 0 Å². The fourth-order valence-corrected chi connectivity index (χ4v) is 1.78. The van der Waals surface area contributed by atoms with Gasteiger partial charge in [-0.3, -0.25) is 4.79 Å². The van der Waals surface area contributed by atoms with Crippen LogP contribution in [0.25, 0.3) is 0 Å². The smallest absolute Gasteiger partial charge is 0.225 e. The Morgan fingerprint density at radius 3 is 2.25 bits per heavy atom. The van der Waals surface area contributed by atoms with Crippen LogP contribution < -0.4 is 10.6 Å². The first-order chi connectivity index (χ1) is 7.58. The Hall–Kier alpha value is -0.690. The summed E-state index contributed by atoms with van der Waals surface area (Å²) in [6, 6.07) is 0. The summed E-state index contributed by atoms with van der Waals surface area (Å²) in [6.45, 7) is 1.87. The molecule has 0 unspecified atom stereocenters. The lowest BCUT2D eigenvalue weighted by atomic mass is 9.95. The van der Waals surface area contributed by atoms with Crippen molar-refractivity contribution in [2.75, 3.05) is 32.9 Å². The summed E-state index contributed by atoms with van der Waals surface area (Å²) >= 11 is 0. The highest BCUT2D eigenvalue weighted by molar-refractivity contribution is 5.80. The highest BCUT2D eigenvalue weighted by atomic mass is 16.3. The largest absolute Gasteiger partial charge is 0.394 e. The molecule has 1 aliphatic heterocycles. The van der Waals surface area contributed by atoms with Crippen LogP contribution in [0.3, 0.4) is 0 Å². The Labute approximate surface area is 94.7 Å². The van der Waals surface area contributed by atoms with Crippen LogP contribution in [0, 0.1) is 11.8 Å². The number of nitrogens with one attached hydrogen (secondary N) is 2. The highest BCUT2D eigenvalue weighted by Crippen LogP contribution is 2.17. The van der Waals surface area contributed by atoms with E-state index in [9.17, 15) is 4.79 Å². The molecule has 0 aromatic heterocycles. The summed E-state index contributed by atoms with van der Waals surface area (Å²) in [7, 11) is 0.